The fraction of sp³-hybridized carbons (Fsp3) is 0.438. The zero-order valence-electron chi connectivity index (χ0n) is 11.7. The summed E-state index contributed by atoms with van der Waals surface area (Å²) in [7, 11) is 0. The van der Waals surface area contributed by atoms with Crippen LogP contribution in [0.1, 0.15) is 42.6 Å². The minimum atomic E-state index is 0.376. The third kappa shape index (κ3) is 2.37. The van der Waals surface area contributed by atoms with E-state index in [2.05, 4.69) is 59.3 Å². The molecule has 0 saturated carbocycles. The van der Waals surface area contributed by atoms with Crippen molar-refractivity contribution in [3.8, 4) is 0 Å². The minimum absolute atomic E-state index is 0.376. The number of hydrogen-bond acceptors (Lipinski definition) is 2. The molecule has 100 valence electrons. The van der Waals surface area contributed by atoms with Gasteiger partial charge in [-0.1, -0.05) is 37.6 Å². The number of hydrogen-bond donors (Lipinski definition) is 1. The van der Waals surface area contributed by atoms with Crippen LogP contribution in [0.5, 0.6) is 0 Å². The molecule has 1 aromatic heterocycles. The highest BCUT2D eigenvalue weighted by Crippen LogP contribution is 2.29. The first-order valence-corrected chi connectivity index (χ1v) is 7.17. The maximum absolute atomic E-state index is 4.62. The van der Waals surface area contributed by atoms with Crippen LogP contribution in [-0.4, -0.2) is 16.3 Å². The van der Waals surface area contributed by atoms with Gasteiger partial charge in [0.2, 0.25) is 0 Å². The van der Waals surface area contributed by atoms with Crippen molar-refractivity contribution in [2.45, 2.75) is 39.2 Å². The van der Waals surface area contributed by atoms with Gasteiger partial charge in [-0.3, -0.25) is 0 Å². The fourth-order valence-electron chi connectivity index (χ4n) is 2.85. The fourth-order valence-corrected chi connectivity index (χ4v) is 2.85. The summed E-state index contributed by atoms with van der Waals surface area (Å²) in [5.41, 5.74) is 3.87. The molecule has 1 aliphatic heterocycles. The number of anilines is 1. The number of aryl methyl sites for hydroxylation is 2. The lowest BCUT2D eigenvalue weighted by Gasteiger charge is -2.26. The van der Waals surface area contributed by atoms with E-state index >= 15 is 0 Å². The maximum Gasteiger partial charge on any atom is 0.125 e. The predicted octanol–water partition coefficient (Wildman–Crippen LogP) is 3.55. The van der Waals surface area contributed by atoms with E-state index in [9.17, 15) is 0 Å². The zero-order valence-corrected chi connectivity index (χ0v) is 11.7. The van der Waals surface area contributed by atoms with Gasteiger partial charge in [0.15, 0.2) is 0 Å². The Morgan fingerprint density at radius 3 is 2.84 bits per heavy atom. The Hall–Kier alpha value is -1.77. The van der Waals surface area contributed by atoms with Gasteiger partial charge < -0.3 is 5.32 Å². The van der Waals surface area contributed by atoms with Crippen LogP contribution in [0.15, 0.2) is 30.3 Å². The lowest BCUT2D eigenvalue weighted by molar-refractivity contribution is 0.479. The van der Waals surface area contributed by atoms with Gasteiger partial charge in [-0.15, -0.1) is 0 Å². The molecule has 3 heteroatoms. The van der Waals surface area contributed by atoms with Crippen LogP contribution in [0.4, 0.5) is 5.82 Å². The SMILES string of the molecule is CCCc1ccc(C2CCNc3cc(C)nn32)cc1. The molecule has 0 amide bonds. The van der Waals surface area contributed by atoms with E-state index in [1.54, 1.807) is 0 Å². The van der Waals surface area contributed by atoms with E-state index in [1.165, 1.54) is 24.0 Å². The molecule has 3 nitrogen and oxygen atoms in total. The molecular formula is C16H21N3. The van der Waals surface area contributed by atoms with Crippen LogP contribution in [-0.2, 0) is 6.42 Å². The van der Waals surface area contributed by atoms with Crippen molar-refractivity contribution in [3.63, 3.8) is 0 Å². The van der Waals surface area contributed by atoms with Crippen molar-refractivity contribution in [2.75, 3.05) is 11.9 Å². The van der Waals surface area contributed by atoms with E-state index in [0.717, 1.165) is 24.5 Å². The van der Waals surface area contributed by atoms with E-state index in [1.807, 2.05) is 0 Å². The van der Waals surface area contributed by atoms with Gasteiger partial charge >= 0.3 is 0 Å². The number of benzene rings is 1. The minimum Gasteiger partial charge on any atom is -0.370 e. The summed E-state index contributed by atoms with van der Waals surface area (Å²) in [6.45, 7) is 5.29. The van der Waals surface area contributed by atoms with Crippen LogP contribution in [0.2, 0.25) is 0 Å². The molecule has 0 saturated heterocycles. The number of fused-ring (bicyclic) bond motifs is 1. The molecule has 1 atom stereocenters. The third-order valence-electron chi connectivity index (χ3n) is 3.78. The third-order valence-corrected chi connectivity index (χ3v) is 3.78. The van der Waals surface area contributed by atoms with Crippen LogP contribution in [0.25, 0.3) is 0 Å². The molecular weight excluding hydrogens is 234 g/mol. The summed E-state index contributed by atoms with van der Waals surface area (Å²) < 4.78 is 2.13. The Morgan fingerprint density at radius 1 is 1.32 bits per heavy atom. The van der Waals surface area contributed by atoms with E-state index in [4.69, 9.17) is 0 Å². The molecule has 0 aliphatic carbocycles. The topological polar surface area (TPSA) is 29.9 Å². The molecule has 1 N–H and O–H groups in total. The molecule has 0 spiro atoms. The second kappa shape index (κ2) is 5.08. The van der Waals surface area contributed by atoms with Crippen molar-refractivity contribution >= 4 is 5.82 Å². The standard InChI is InChI=1S/C16H21N3/c1-3-4-13-5-7-14(8-6-13)15-9-10-17-16-11-12(2)18-19(15)16/h5-8,11,15,17H,3-4,9-10H2,1-2H3. The Bertz CT molecular complexity index is 554. The average Bonchev–Trinajstić information content (AvgIpc) is 2.80. The molecule has 0 bridgehead atoms. The van der Waals surface area contributed by atoms with Crippen LogP contribution < -0.4 is 5.32 Å². The highest BCUT2D eigenvalue weighted by atomic mass is 15.4. The normalized spacial score (nSPS) is 17.9. The molecule has 0 fully saturated rings. The van der Waals surface area contributed by atoms with Gasteiger partial charge in [0.25, 0.3) is 0 Å². The first kappa shape index (κ1) is 12.3. The van der Waals surface area contributed by atoms with Crippen LogP contribution >= 0.6 is 0 Å². The Balaban J connectivity index is 1.90. The van der Waals surface area contributed by atoms with Gasteiger partial charge in [0.05, 0.1) is 11.7 Å². The largest absolute Gasteiger partial charge is 0.370 e. The number of nitrogens with one attached hydrogen (secondary N) is 1. The molecule has 1 aromatic carbocycles. The van der Waals surface area contributed by atoms with Crippen molar-refractivity contribution < 1.29 is 0 Å². The molecule has 3 rings (SSSR count). The molecule has 0 radical (unpaired) electrons. The predicted molar refractivity (Wildman–Crippen MR) is 78.6 cm³/mol. The summed E-state index contributed by atoms with van der Waals surface area (Å²) in [6.07, 6.45) is 3.47. The monoisotopic (exact) mass is 255 g/mol. The van der Waals surface area contributed by atoms with Crippen molar-refractivity contribution in [1.29, 1.82) is 0 Å². The Labute approximate surface area is 114 Å². The highest BCUT2D eigenvalue weighted by molar-refractivity contribution is 5.41. The summed E-state index contributed by atoms with van der Waals surface area (Å²) >= 11 is 0. The molecule has 19 heavy (non-hydrogen) atoms. The van der Waals surface area contributed by atoms with Gasteiger partial charge in [0, 0.05) is 12.6 Å². The Morgan fingerprint density at radius 2 is 2.11 bits per heavy atom. The van der Waals surface area contributed by atoms with Crippen LogP contribution in [0.3, 0.4) is 0 Å². The summed E-state index contributed by atoms with van der Waals surface area (Å²) in [5.74, 6) is 1.14. The first-order chi connectivity index (χ1) is 9.28. The lowest BCUT2D eigenvalue weighted by atomic mass is 10.00. The van der Waals surface area contributed by atoms with Gasteiger partial charge in [-0.05, 0) is 30.9 Å². The van der Waals surface area contributed by atoms with Gasteiger partial charge in [-0.25, -0.2) is 4.68 Å². The zero-order chi connectivity index (χ0) is 13.2. The lowest BCUT2D eigenvalue weighted by Crippen LogP contribution is -2.24. The molecule has 1 unspecified atom stereocenters. The van der Waals surface area contributed by atoms with Crippen molar-refractivity contribution in [2.24, 2.45) is 0 Å². The molecule has 1 aliphatic rings. The quantitative estimate of drug-likeness (QED) is 0.909. The maximum atomic E-state index is 4.62. The van der Waals surface area contributed by atoms with E-state index in [-0.39, 0.29) is 0 Å². The van der Waals surface area contributed by atoms with Crippen LogP contribution in [0, 0.1) is 6.92 Å². The number of nitrogens with zero attached hydrogens (tertiary/aromatic N) is 2. The number of aromatic nitrogens is 2. The first-order valence-electron chi connectivity index (χ1n) is 7.17. The average molecular weight is 255 g/mol. The summed E-state index contributed by atoms with van der Waals surface area (Å²) in [4.78, 5) is 0. The summed E-state index contributed by atoms with van der Waals surface area (Å²) in [5, 5.41) is 8.04. The summed E-state index contributed by atoms with van der Waals surface area (Å²) in [6, 6.07) is 11.6. The number of rotatable bonds is 3. The smallest absolute Gasteiger partial charge is 0.125 e. The van der Waals surface area contributed by atoms with Gasteiger partial charge in [-0.2, -0.15) is 5.10 Å². The molecule has 2 heterocycles. The highest BCUT2D eigenvalue weighted by Gasteiger charge is 2.22. The van der Waals surface area contributed by atoms with Crippen molar-refractivity contribution in [3.05, 3.63) is 47.2 Å². The van der Waals surface area contributed by atoms with E-state index < -0.39 is 0 Å². The van der Waals surface area contributed by atoms with Crippen molar-refractivity contribution in [1.82, 2.24) is 9.78 Å². The Kier molecular flexibility index (Phi) is 3.28. The van der Waals surface area contributed by atoms with Gasteiger partial charge in [0.1, 0.15) is 5.82 Å². The second-order valence-electron chi connectivity index (χ2n) is 5.34. The van der Waals surface area contributed by atoms with E-state index in [0.29, 0.717) is 6.04 Å². The second-order valence-corrected chi connectivity index (χ2v) is 5.34. The molecule has 2 aromatic rings.